The Kier molecular flexibility index (Phi) is 3.20. The number of hydrogen-bond donors (Lipinski definition) is 1. The number of rotatable bonds is 2. The Balaban J connectivity index is 1.96. The third-order valence-electron chi connectivity index (χ3n) is 3.30. The van der Waals surface area contributed by atoms with E-state index in [1.54, 1.807) is 0 Å². The van der Waals surface area contributed by atoms with Crippen LogP contribution < -0.4 is 5.73 Å². The molecule has 1 aliphatic carbocycles. The normalized spacial score (nSPS) is 27.4. The SMILES string of the molecule is CC(C)(C)OC(=O)C1(N)CC(c2ccccc2)C1. The molecule has 1 aliphatic rings. The summed E-state index contributed by atoms with van der Waals surface area (Å²) in [6.07, 6.45) is 1.35. The fourth-order valence-corrected chi connectivity index (χ4v) is 2.33. The maximum absolute atomic E-state index is 12.0. The van der Waals surface area contributed by atoms with Gasteiger partial charge in [0.1, 0.15) is 11.1 Å². The van der Waals surface area contributed by atoms with Crippen molar-refractivity contribution in [2.75, 3.05) is 0 Å². The van der Waals surface area contributed by atoms with Crippen LogP contribution in [0.15, 0.2) is 30.3 Å². The van der Waals surface area contributed by atoms with Crippen molar-refractivity contribution in [1.29, 1.82) is 0 Å². The smallest absolute Gasteiger partial charge is 0.326 e. The van der Waals surface area contributed by atoms with E-state index in [-0.39, 0.29) is 5.97 Å². The Morgan fingerprint density at radius 3 is 2.33 bits per heavy atom. The summed E-state index contributed by atoms with van der Waals surface area (Å²) in [6, 6.07) is 10.2. The molecule has 3 heteroatoms. The molecule has 18 heavy (non-hydrogen) atoms. The van der Waals surface area contributed by atoms with E-state index in [2.05, 4.69) is 12.1 Å². The summed E-state index contributed by atoms with van der Waals surface area (Å²) in [5, 5.41) is 0. The molecule has 0 aliphatic heterocycles. The van der Waals surface area contributed by atoms with Gasteiger partial charge < -0.3 is 10.5 Å². The predicted molar refractivity (Wildman–Crippen MR) is 71.2 cm³/mol. The van der Waals surface area contributed by atoms with Crippen molar-refractivity contribution in [2.24, 2.45) is 5.73 Å². The van der Waals surface area contributed by atoms with Crippen LogP contribution in [-0.4, -0.2) is 17.1 Å². The summed E-state index contributed by atoms with van der Waals surface area (Å²) in [4.78, 5) is 12.0. The molecule has 0 amide bonds. The molecule has 2 N–H and O–H groups in total. The summed E-state index contributed by atoms with van der Waals surface area (Å²) < 4.78 is 5.36. The van der Waals surface area contributed by atoms with Gasteiger partial charge in [0, 0.05) is 0 Å². The Labute approximate surface area is 108 Å². The summed E-state index contributed by atoms with van der Waals surface area (Å²) in [7, 11) is 0. The largest absolute Gasteiger partial charge is 0.459 e. The van der Waals surface area contributed by atoms with E-state index in [1.807, 2.05) is 39.0 Å². The second-order valence-electron chi connectivity index (χ2n) is 6.17. The van der Waals surface area contributed by atoms with E-state index < -0.39 is 11.1 Å². The molecule has 0 bridgehead atoms. The number of carbonyl (C=O) groups is 1. The minimum Gasteiger partial charge on any atom is -0.459 e. The lowest BCUT2D eigenvalue weighted by molar-refractivity contribution is -0.166. The zero-order chi connectivity index (χ0) is 13.4. The number of hydrogen-bond acceptors (Lipinski definition) is 3. The van der Waals surface area contributed by atoms with E-state index in [0.29, 0.717) is 18.8 Å². The Hall–Kier alpha value is -1.35. The zero-order valence-electron chi connectivity index (χ0n) is 11.3. The van der Waals surface area contributed by atoms with Gasteiger partial charge in [0.05, 0.1) is 0 Å². The van der Waals surface area contributed by atoms with Crippen molar-refractivity contribution >= 4 is 5.97 Å². The molecule has 0 radical (unpaired) electrons. The highest BCUT2D eigenvalue weighted by atomic mass is 16.6. The molecule has 1 aromatic carbocycles. The molecule has 0 spiro atoms. The lowest BCUT2D eigenvalue weighted by atomic mass is 9.66. The average molecular weight is 247 g/mol. The van der Waals surface area contributed by atoms with Gasteiger partial charge in [-0.15, -0.1) is 0 Å². The minimum atomic E-state index is -0.798. The standard InChI is InChI=1S/C15H21NO2/c1-14(2,3)18-13(17)15(16)9-12(10-15)11-7-5-4-6-8-11/h4-8,12H,9-10,16H2,1-3H3. The Bertz CT molecular complexity index is 428. The highest BCUT2D eigenvalue weighted by Crippen LogP contribution is 2.44. The van der Waals surface area contributed by atoms with Crippen molar-refractivity contribution in [3.05, 3.63) is 35.9 Å². The van der Waals surface area contributed by atoms with Gasteiger partial charge in [-0.05, 0) is 45.1 Å². The third kappa shape index (κ3) is 2.72. The molecule has 1 fully saturated rings. The van der Waals surface area contributed by atoms with Crippen molar-refractivity contribution in [3.8, 4) is 0 Å². The van der Waals surface area contributed by atoms with Crippen molar-refractivity contribution in [1.82, 2.24) is 0 Å². The summed E-state index contributed by atoms with van der Waals surface area (Å²) in [5.41, 5.74) is 6.09. The van der Waals surface area contributed by atoms with Gasteiger partial charge in [0.2, 0.25) is 0 Å². The molecule has 0 heterocycles. The van der Waals surface area contributed by atoms with Crippen LogP contribution in [0.25, 0.3) is 0 Å². The Morgan fingerprint density at radius 2 is 1.83 bits per heavy atom. The van der Waals surface area contributed by atoms with Crippen LogP contribution in [0.3, 0.4) is 0 Å². The number of benzene rings is 1. The molecule has 98 valence electrons. The molecule has 0 unspecified atom stereocenters. The average Bonchev–Trinajstić information content (AvgIpc) is 2.23. The second kappa shape index (κ2) is 4.39. The molecular formula is C15H21NO2. The Morgan fingerprint density at radius 1 is 1.28 bits per heavy atom. The van der Waals surface area contributed by atoms with Gasteiger partial charge in [-0.25, -0.2) is 0 Å². The van der Waals surface area contributed by atoms with E-state index in [0.717, 1.165) is 0 Å². The summed E-state index contributed by atoms with van der Waals surface area (Å²) in [5.74, 6) is 0.103. The van der Waals surface area contributed by atoms with Gasteiger partial charge in [0.25, 0.3) is 0 Å². The zero-order valence-corrected chi connectivity index (χ0v) is 11.3. The molecule has 0 atom stereocenters. The summed E-state index contributed by atoms with van der Waals surface area (Å²) in [6.45, 7) is 5.59. The first-order valence-corrected chi connectivity index (χ1v) is 6.37. The van der Waals surface area contributed by atoms with Gasteiger partial charge in [-0.1, -0.05) is 30.3 Å². The van der Waals surface area contributed by atoms with Crippen molar-refractivity contribution < 1.29 is 9.53 Å². The van der Waals surface area contributed by atoms with Gasteiger partial charge >= 0.3 is 5.97 Å². The van der Waals surface area contributed by atoms with Gasteiger partial charge in [-0.3, -0.25) is 4.79 Å². The van der Waals surface area contributed by atoms with Crippen LogP contribution in [0, 0.1) is 0 Å². The van der Waals surface area contributed by atoms with E-state index in [9.17, 15) is 4.79 Å². The third-order valence-corrected chi connectivity index (χ3v) is 3.30. The van der Waals surface area contributed by atoms with Crippen LogP contribution >= 0.6 is 0 Å². The minimum absolute atomic E-state index is 0.276. The lowest BCUT2D eigenvalue weighted by Gasteiger charge is -2.44. The van der Waals surface area contributed by atoms with E-state index >= 15 is 0 Å². The molecule has 3 nitrogen and oxygen atoms in total. The van der Waals surface area contributed by atoms with Crippen LogP contribution in [0.1, 0.15) is 45.1 Å². The van der Waals surface area contributed by atoms with Gasteiger partial charge in [0.15, 0.2) is 0 Å². The highest BCUT2D eigenvalue weighted by molar-refractivity contribution is 5.82. The van der Waals surface area contributed by atoms with Crippen LogP contribution in [-0.2, 0) is 9.53 Å². The van der Waals surface area contributed by atoms with Crippen LogP contribution in [0.4, 0.5) is 0 Å². The maximum atomic E-state index is 12.0. The first-order valence-electron chi connectivity index (χ1n) is 6.37. The predicted octanol–water partition coefficient (Wildman–Crippen LogP) is 2.60. The molecule has 1 aromatic rings. The first-order chi connectivity index (χ1) is 8.30. The second-order valence-corrected chi connectivity index (χ2v) is 6.17. The first kappa shape index (κ1) is 13.1. The quantitative estimate of drug-likeness (QED) is 0.817. The molecule has 0 saturated heterocycles. The lowest BCUT2D eigenvalue weighted by Crippen LogP contribution is -2.58. The van der Waals surface area contributed by atoms with E-state index in [1.165, 1.54) is 5.56 Å². The van der Waals surface area contributed by atoms with E-state index in [4.69, 9.17) is 10.5 Å². The fraction of sp³-hybridized carbons (Fsp3) is 0.533. The van der Waals surface area contributed by atoms with Crippen molar-refractivity contribution in [2.45, 2.75) is 50.7 Å². The van der Waals surface area contributed by atoms with Crippen LogP contribution in [0.2, 0.25) is 0 Å². The monoisotopic (exact) mass is 247 g/mol. The molecular weight excluding hydrogens is 226 g/mol. The van der Waals surface area contributed by atoms with Gasteiger partial charge in [-0.2, -0.15) is 0 Å². The number of carbonyl (C=O) groups excluding carboxylic acids is 1. The molecule has 0 aromatic heterocycles. The number of nitrogens with two attached hydrogens (primary N) is 1. The summed E-state index contributed by atoms with van der Waals surface area (Å²) >= 11 is 0. The topological polar surface area (TPSA) is 52.3 Å². The fourth-order valence-electron chi connectivity index (χ4n) is 2.33. The molecule has 1 saturated carbocycles. The highest BCUT2D eigenvalue weighted by Gasteiger charge is 2.49. The number of esters is 1. The van der Waals surface area contributed by atoms with Crippen molar-refractivity contribution in [3.63, 3.8) is 0 Å². The maximum Gasteiger partial charge on any atom is 0.326 e. The molecule has 2 rings (SSSR count). The van der Waals surface area contributed by atoms with Crippen LogP contribution in [0.5, 0.6) is 0 Å². The number of ether oxygens (including phenoxy) is 1.